The van der Waals surface area contributed by atoms with Gasteiger partial charge in [0.15, 0.2) is 0 Å². The number of rotatable bonds is 4. The Morgan fingerprint density at radius 3 is 2.50 bits per heavy atom. The highest BCUT2D eigenvalue weighted by Gasteiger charge is 2.34. The summed E-state index contributed by atoms with van der Waals surface area (Å²) < 4.78 is 13.8. The van der Waals surface area contributed by atoms with Gasteiger partial charge < -0.3 is 5.32 Å². The minimum absolute atomic E-state index is 0.000352. The Kier molecular flexibility index (Phi) is 5.59. The van der Waals surface area contributed by atoms with Crippen molar-refractivity contribution in [3.8, 4) is 0 Å². The molecule has 152 valence electrons. The molecule has 4 nitrogen and oxygen atoms in total. The number of nitrogens with one attached hydrogen (secondary N) is 1. The molecule has 4 rings (SSSR count). The van der Waals surface area contributed by atoms with Crippen molar-refractivity contribution in [2.75, 3.05) is 16.0 Å². The number of amides is 2. The predicted molar refractivity (Wildman–Crippen MR) is 119 cm³/mol. The van der Waals surface area contributed by atoms with Gasteiger partial charge in [0.2, 0.25) is 5.91 Å². The van der Waals surface area contributed by atoms with Crippen LogP contribution < -0.4 is 10.2 Å². The molecule has 1 N–H and O–H groups in total. The lowest BCUT2D eigenvalue weighted by Gasteiger charge is -2.26. The standard InChI is InChI=1S/C24H21FN2O2S/c1-15-6-5-9-21(16(15)2)27-22(28)14-30-24(27)17-10-12-18(13-11-17)26-23(29)19-7-3-4-8-20(19)25/h3-13,24H,14H2,1-2H3,(H,26,29). The summed E-state index contributed by atoms with van der Waals surface area (Å²) in [6.45, 7) is 4.06. The van der Waals surface area contributed by atoms with Crippen LogP contribution in [0.4, 0.5) is 15.8 Å². The molecule has 1 fully saturated rings. The number of carbonyl (C=O) groups is 2. The number of nitrogens with zero attached hydrogens (tertiary/aromatic N) is 1. The first-order valence-corrected chi connectivity index (χ1v) is 10.7. The van der Waals surface area contributed by atoms with Crippen LogP contribution >= 0.6 is 11.8 Å². The van der Waals surface area contributed by atoms with E-state index in [0.29, 0.717) is 11.4 Å². The molecule has 3 aromatic rings. The van der Waals surface area contributed by atoms with Crippen molar-refractivity contribution in [3.05, 3.63) is 94.8 Å². The summed E-state index contributed by atoms with van der Waals surface area (Å²) in [4.78, 5) is 26.8. The van der Waals surface area contributed by atoms with Gasteiger partial charge in [-0.2, -0.15) is 0 Å². The number of thioether (sulfide) groups is 1. The fourth-order valence-electron chi connectivity index (χ4n) is 3.50. The van der Waals surface area contributed by atoms with Crippen LogP contribution in [0, 0.1) is 19.7 Å². The van der Waals surface area contributed by atoms with Crippen molar-refractivity contribution in [1.82, 2.24) is 0 Å². The van der Waals surface area contributed by atoms with Crippen molar-refractivity contribution < 1.29 is 14.0 Å². The first-order valence-electron chi connectivity index (χ1n) is 9.61. The molecule has 0 aliphatic carbocycles. The second-order valence-corrected chi connectivity index (χ2v) is 8.27. The summed E-state index contributed by atoms with van der Waals surface area (Å²) in [7, 11) is 0. The molecule has 2 amide bonds. The molecule has 6 heteroatoms. The van der Waals surface area contributed by atoms with Gasteiger partial charge in [-0.05, 0) is 60.9 Å². The Morgan fingerprint density at radius 2 is 1.77 bits per heavy atom. The van der Waals surface area contributed by atoms with Crippen molar-refractivity contribution in [2.24, 2.45) is 0 Å². The molecule has 3 aromatic carbocycles. The Morgan fingerprint density at radius 1 is 1.03 bits per heavy atom. The number of benzene rings is 3. The summed E-state index contributed by atoms with van der Waals surface area (Å²) in [5.41, 5.74) is 4.69. The smallest absolute Gasteiger partial charge is 0.258 e. The monoisotopic (exact) mass is 420 g/mol. The molecule has 1 heterocycles. The maximum absolute atomic E-state index is 13.8. The van der Waals surface area contributed by atoms with E-state index in [1.165, 1.54) is 12.1 Å². The van der Waals surface area contributed by atoms with Gasteiger partial charge in [0.1, 0.15) is 11.2 Å². The van der Waals surface area contributed by atoms with E-state index in [4.69, 9.17) is 0 Å². The lowest BCUT2D eigenvalue weighted by Crippen LogP contribution is -2.28. The fraction of sp³-hybridized carbons (Fsp3) is 0.167. The molecule has 1 aliphatic heterocycles. The second kappa shape index (κ2) is 8.32. The van der Waals surface area contributed by atoms with Crippen LogP contribution in [0.25, 0.3) is 0 Å². The van der Waals surface area contributed by atoms with Crippen LogP contribution in [-0.2, 0) is 4.79 Å². The van der Waals surface area contributed by atoms with Crippen LogP contribution in [0.2, 0.25) is 0 Å². The highest BCUT2D eigenvalue weighted by Crippen LogP contribution is 2.43. The number of hydrogen-bond acceptors (Lipinski definition) is 3. The van der Waals surface area contributed by atoms with Crippen LogP contribution in [0.15, 0.2) is 66.7 Å². The average molecular weight is 421 g/mol. The number of carbonyl (C=O) groups excluding carboxylic acids is 2. The minimum atomic E-state index is -0.559. The van der Waals surface area contributed by atoms with E-state index in [-0.39, 0.29) is 16.8 Å². The lowest BCUT2D eigenvalue weighted by molar-refractivity contribution is -0.115. The maximum Gasteiger partial charge on any atom is 0.258 e. The fourth-order valence-corrected chi connectivity index (χ4v) is 4.67. The van der Waals surface area contributed by atoms with Gasteiger partial charge in [0, 0.05) is 11.4 Å². The number of halogens is 1. The first kappa shape index (κ1) is 20.2. The van der Waals surface area contributed by atoms with Gasteiger partial charge in [0.25, 0.3) is 5.91 Å². The minimum Gasteiger partial charge on any atom is -0.322 e. The quantitative estimate of drug-likeness (QED) is 0.609. The third kappa shape index (κ3) is 3.83. The van der Waals surface area contributed by atoms with Gasteiger partial charge in [-0.1, -0.05) is 36.4 Å². The van der Waals surface area contributed by atoms with Crippen LogP contribution in [0.5, 0.6) is 0 Å². The largest absolute Gasteiger partial charge is 0.322 e. The Labute approximate surface area is 179 Å². The summed E-state index contributed by atoms with van der Waals surface area (Å²) in [5.74, 6) is -0.556. The second-order valence-electron chi connectivity index (χ2n) is 7.20. The molecular formula is C24H21FN2O2S. The summed E-state index contributed by atoms with van der Waals surface area (Å²) in [6.07, 6.45) is 0. The van der Waals surface area contributed by atoms with Crippen molar-refractivity contribution in [2.45, 2.75) is 19.2 Å². The Bertz CT molecular complexity index is 1110. The van der Waals surface area contributed by atoms with E-state index in [1.807, 2.05) is 49.1 Å². The zero-order valence-electron chi connectivity index (χ0n) is 16.7. The molecule has 0 spiro atoms. The van der Waals surface area contributed by atoms with Crippen LogP contribution in [-0.4, -0.2) is 17.6 Å². The number of hydrogen-bond donors (Lipinski definition) is 1. The van der Waals surface area contributed by atoms with Gasteiger partial charge in [0.05, 0.1) is 11.3 Å². The van der Waals surface area contributed by atoms with Crippen molar-refractivity contribution in [3.63, 3.8) is 0 Å². The van der Waals surface area contributed by atoms with Crippen LogP contribution in [0.3, 0.4) is 0 Å². The molecule has 1 atom stereocenters. The van der Waals surface area contributed by atoms with Gasteiger partial charge in [-0.3, -0.25) is 14.5 Å². The van der Waals surface area contributed by atoms with E-state index in [0.717, 1.165) is 22.4 Å². The van der Waals surface area contributed by atoms with E-state index in [2.05, 4.69) is 5.32 Å². The number of anilines is 2. The van der Waals surface area contributed by atoms with Crippen molar-refractivity contribution >= 4 is 35.0 Å². The van der Waals surface area contributed by atoms with Gasteiger partial charge in [-0.15, -0.1) is 11.8 Å². The molecule has 1 unspecified atom stereocenters. The van der Waals surface area contributed by atoms with Gasteiger partial charge >= 0.3 is 0 Å². The highest BCUT2D eigenvalue weighted by atomic mass is 32.2. The van der Waals surface area contributed by atoms with E-state index < -0.39 is 11.7 Å². The topological polar surface area (TPSA) is 49.4 Å². The van der Waals surface area contributed by atoms with Gasteiger partial charge in [-0.25, -0.2) is 4.39 Å². The third-order valence-electron chi connectivity index (χ3n) is 5.28. The number of aryl methyl sites for hydroxylation is 1. The SMILES string of the molecule is Cc1cccc(N2C(=O)CSC2c2ccc(NC(=O)c3ccccc3F)cc2)c1C. The van der Waals surface area contributed by atoms with E-state index in [1.54, 1.807) is 36.0 Å². The highest BCUT2D eigenvalue weighted by molar-refractivity contribution is 8.00. The molecule has 0 aromatic heterocycles. The van der Waals surface area contributed by atoms with Crippen LogP contribution in [0.1, 0.15) is 32.4 Å². The zero-order valence-corrected chi connectivity index (χ0v) is 17.5. The Balaban J connectivity index is 1.56. The first-order chi connectivity index (χ1) is 14.5. The molecule has 0 bridgehead atoms. The molecule has 1 saturated heterocycles. The summed E-state index contributed by atoms with van der Waals surface area (Å²) in [5, 5.41) is 2.59. The maximum atomic E-state index is 13.8. The summed E-state index contributed by atoms with van der Waals surface area (Å²) in [6, 6.07) is 19.2. The third-order valence-corrected chi connectivity index (χ3v) is 6.49. The molecule has 1 aliphatic rings. The normalized spacial score (nSPS) is 16.0. The Hall–Kier alpha value is -3.12. The van der Waals surface area contributed by atoms with E-state index in [9.17, 15) is 14.0 Å². The van der Waals surface area contributed by atoms with Crippen molar-refractivity contribution in [1.29, 1.82) is 0 Å². The molecule has 30 heavy (non-hydrogen) atoms. The lowest BCUT2D eigenvalue weighted by atomic mass is 10.1. The zero-order chi connectivity index (χ0) is 21.3. The average Bonchev–Trinajstić information content (AvgIpc) is 3.12. The van der Waals surface area contributed by atoms with E-state index >= 15 is 0 Å². The molecule has 0 saturated carbocycles. The summed E-state index contributed by atoms with van der Waals surface area (Å²) >= 11 is 1.58. The molecular weight excluding hydrogens is 399 g/mol. The molecule has 0 radical (unpaired) electrons. The predicted octanol–water partition coefficient (Wildman–Crippen LogP) is 5.47.